The van der Waals surface area contributed by atoms with Crippen molar-refractivity contribution in [2.45, 2.75) is 13.0 Å². The molecule has 1 aliphatic heterocycles. The van der Waals surface area contributed by atoms with Crippen LogP contribution in [0.25, 0.3) is 0 Å². The monoisotopic (exact) mass is 265 g/mol. The number of carbonyl (C=O) groups is 1. The summed E-state index contributed by atoms with van der Waals surface area (Å²) in [7, 11) is 0. The van der Waals surface area contributed by atoms with Crippen LogP contribution in [0, 0.1) is 16.0 Å². The van der Waals surface area contributed by atoms with Crippen molar-refractivity contribution in [2.75, 3.05) is 18.0 Å². The largest absolute Gasteiger partial charge is 0.365 e. The van der Waals surface area contributed by atoms with E-state index in [0.717, 1.165) is 12.3 Å². The summed E-state index contributed by atoms with van der Waals surface area (Å²) < 4.78 is 0. The van der Waals surface area contributed by atoms with Gasteiger partial charge in [0.2, 0.25) is 0 Å². The van der Waals surface area contributed by atoms with Gasteiger partial charge in [-0.25, -0.2) is 4.98 Å². The average Bonchev–Trinajstić information content (AvgIpc) is 2.68. The number of nitrogens with zero attached hydrogens (tertiary/aromatic N) is 3. The van der Waals surface area contributed by atoms with E-state index >= 15 is 0 Å². The quantitative estimate of drug-likeness (QED) is 0.578. The lowest BCUT2D eigenvalue weighted by atomic mass is 10.1. The maximum atomic E-state index is 11.4. The summed E-state index contributed by atoms with van der Waals surface area (Å²) in [5.41, 5.74) is 11.0. The third-order valence-corrected chi connectivity index (χ3v) is 3.30. The molecule has 0 bridgehead atoms. The van der Waals surface area contributed by atoms with E-state index in [1.165, 1.54) is 0 Å². The Labute approximate surface area is 109 Å². The second-order valence-corrected chi connectivity index (χ2v) is 4.73. The van der Waals surface area contributed by atoms with Gasteiger partial charge in [0, 0.05) is 25.2 Å². The van der Waals surface area contributed by atoms with Crippen LogP contribution in [0.3, 0.4) is 0 Å². The van der Waals surface area contributed by atoms with Crippen molar-refractivity contribution in [1.82, 2.24) is 4.98 Å². The van der Waals surface area contributed by atoms with Gasteiger partial charge in [0.25, 0.3) is 11.6 Å². The van der Waals surface area contributed by atoms with Gasteiger partial charge in [-0.2, -0.15) is 0 Å². The highest BCUT2D eigenvalue weighted by molar-refractivity contribution is 5.98. The second-order valence-electron chi connectivity index (χ2n) is 4.73. The number of nitro groups is 1. The lowest BCUT2D eigenvalue weighted by Gasteiger charge is -2.18. The van der Waals surface area contributed by atoms with Crippen molar-refractivity contribution >= 4 is 17.4 Å². The van der Waals surface area contributed by atoms with Gasteiger partial charge in [0.15, 0.2) is 0 Å². The van der Waals surface area contributed by atoms with Gasteiger partial charge in [-0.05, 0) is 5.92 Å². The molecule has 1 aromatic heterocycles. The van der Waals surface area contributed by atoms with Crippen LogP contribution in [-0.4, -0.2) is 34.9 Å². The van der Waals surface area contributed by atoms with Crippen molar-refractivity contribution in [3.05, 3.63) is 27.9 Å². The number of primary amides is 1. The first-order valence-electron chi connectivity index (χ1n) is 5.85. The van der Waals surface area contributed by atoms with Gasteiger partial charge in [0.05, 0.1) is 10.5 Å². The first-order valence-corrected chi connectivity index (χ1v) is 5.85. The number of rotatable bonds is 3. The Balaban J connectivity index is 2.40. The van der Waals surface area contributed by atoms with Gasteiger partial charge in [-0.15, -0.1) is 0 Å². The minimum atomic E-state index is -0.737. The van der Waals surface area contributed by atoms with Crippen LogP contribution in [0.2, 0.25) is 0 Å². The highest BCUT2D eigenvalue weighted by Gasteiger charge is 2.30. The Morgan fingerprint density at radius 3 is 2.74 bits per heavy atom. The molecule has 2 unspecified atom stereocenters. The van der Waals surface area contributed by atoms with Crippen LogP contribution in [0.5, 0.6) is 0 Å². The average molecular weight is 265 g/mol. The standard InChI is InChI=1S/C11H15N5O3/c1-6-4-15(5-9(6)12)11-8(10(13)17)2-7(3-14-11)16(18)19/h2-3,6,9H,4-5,12H2,1H3,(H2,13,17). The number of carbonyl (C=O) groups excluding carboxylic acids is 1. The van der Waals surface area contributed by atoms with Crippen LogP contribution in [-0.2, 0) is 0 Å². The van der Waals surface area contributed by atoms with E-state index in [1.807, 2.05) is 11.8 Å². The Bertz CT molecular complexity index is 523. The molecule has 1 fully saturated rings. The van der Waals surface area contributed by atoms with Crippen molar-refractivity contribution < 1.29 is 9.72 Å². The molecule has 2 heterocycles. The SMILES string of the molecule is CC1CN(c2ncc([N+](=O)[O-])cc2C(N)=O)CC1N. The van der Waals surface area contributed by atoms with E-state index < -0.39 is 10.8 Å². The van der Waals surface area contributed by atoms with Crippen molar-refractivity contribution in [3.8, 4) is 0 Å². The molecule has 0 aliphatic carbocycles. The Morgan fingerprint density at radius 1 is 1.58 bits per heavy atom. The van der Waals surface area contributed by atoms with Crippen molar-refractivity contribution in [1.29, 1.82) is 0 Å². The van der Waals surface area contributed by atoms with Gasteiger partial charge in [-0.1, -0.05) is 6.92 Å². The zero-order valence-corrected chi connectivity index (χ0v) is 10.4. The molecule has 1 aliphatic rings. The topological polar surface area (TPSA) is 128 Å². The van der Waals surface area contributed by atoms with Crippen LogP contribution < -0.4 is 16.4 Å². The molecule has 0 spiro atoms. The summed E-state index contributed by atoms with van der Waals surface area (Å²) in [4.78, 5) is 27.3. The zero-order valence-electron chi connectivity index (χ0n) is 10.4. The van der Waals surface area contributed by atoms with Gasteiger partial charge < -0.3 is 16.4 Å². The van der Waals surface area contributed by atoms with Crippen LogP contribution >= 0.6 is 0 Å². The highest BCUT2D eigenvalue weighted by atomic mass is 16.6. The summed E-state index contributed by atoms with van der Waals surface area (Å²) in [6.45, 7) is 3.19. The lowest BCUT2D eigenvalue weighted by Crippen LogP contribution is -2.30. The van der Waals surface area contributed by atoms with Crippen molar-refractivity contribution in [2.24, 2.45) is 17.4 Å². The zero-order chi connectivity index (χ0) is 14.2. The molecule has 8 heteroatoms. The number of anilines is 1. The minimum absolute atomic E-state index is 0.0160. The summed E-state index contributed by atoms with van der Waals surface area (Å²) in [6.07, 6.45) is 1.12. The molecule has 4 N–H and O–H groups in total. The van der Waals surface area contributed by atoms with E-state index in [1.54, 1.807) is 0 Å². The molecule has 19 heavy (non-hydrogen) atoms. The first-order chi connectivity index (χ1) is 8.90. The Morgan fingerprint density at radius 2 is 2.26 bits per heavy atom. The molecule has 1 amide bonds. The molecule has 0 aromatic carbocycles. The summed E-state index contributed by atoms with van der Waals surface area (Å²) >= 11 is 0. The molecular formula is C11H15N5O3. The third-order valence-electron chi connectivity index (χ3n) is 3.30. The second kappa shape index (κ2) is 4.81. The first kappa shape index (κ1) is 13.2. The molecule has 102 valence electrons. The molecule has 8 nitrogen and oxygen atoms in total. The molecule has 0 saturated carbocycles. The van der Waals surface area contributed by atoms with E-state index in [0.29, 0.717) is 18.9 Å². The molecule has 0 radical (unpaired) electrons. The normalized spacial score (nSPS) is 22.5. The highest BCUT2D eigenvalue weighted by Crippen LogP contribution is 2.26. The number of pyridine rings is 1. The number of aromatic nitrogens is 1. The van der Waals surface area contributed by atoms with E-state index in [-0.39, 0.29) is 23.2 Å². The van der Waals surface area contributed by atoms with E-state index in [9.17, 15) is 14.9 Å². The van der Waals surface area contributed by atoms with E-state index in [4.69, 9.17) is 11.5 Å². The summed E-state index contributed by atoms with van der Waals surface area (Å²) in [6, 6.07) is 1.14. The number of amides is 1. The van der Waals surface area contributed by atoms with Crippen LogP contribution in [0.4, 0.5) is 11.5 Å². The smallest absolute Gasteiger partial charge is 0.288 e. The lowest BCUT2D eigenvalue weighted by molar-refractivity contribution is -0.385. The predicted molar refractivity (Wildman–Crippen MR) is 68.8 cm³/mol. The Kier molecular flexibility index (Phi) is 3.34. The van der Waals surface area contributed by atoms with Gasteiger partial charge >= 0.3 is 0 Å². The van der Waals surface area contributed by atoms with Gasteiger partial charge in [0.1, 0.15) is 12.0 Å². The fourth-order valence-corrected chi connectivity index (χ4v) is 2.14. The van der Waals surface area contributed by atoms with E-state index in [2.05, 4.69) is 4.98 Å². The molecule has 1 saturated heterocycles. The fourth-order valence-electron chi connectivity index (χ4n) is 2.14. The molecule has 2 atom stereocenters. The molecular weight excluding hydrogens is 250 g/mol. The maximum Gasteiger partial charge on any atom is 0.288 e. The maximum absolute atomic E-state index is 11.4. The van der Waals surface area contributed by atoms with Crippen LogP contribution in [0.15, 0.2) is 12.3 Å². The van der Waals surface area contributed by atoms with Gasteiger partial charge in [-0.3, -0.25) is 14.9 Å². The Hall–Kier alpha value is -2.22. The number of hydrogen-bond donors (Lipinski definition) is 2. The van der Waals surface area contributed by atoms with Crippen molar-refractivity contribution in [3.63, 3.8) is 0 Å². The molecule has 1 aromatic rings. The predicted octanol–water partition coefficient (Wildman–Crippen LogP) is -0.128. The fraction of sp³-hybridized carbons (Fsp3) is 0.455. The van der Waals surface area contributed by atoms with Crippen LogP contribution in [0.1, 0.15) is 17.3 Å². The third kappa shape index (κ3) is 2.48. The summed E-state index contributed by atoms with van der Waals surface area (Å²) in [5, 5.41) is 10.7. The minimum Gasteiger partial charge on any atom is -0.365 e. The number of nitrogens with two attached hydrogens (primary N) is 2. The molecule has 2 rings (SSSR count). The number of hydrogen-bond acceptors (Lipinski definition) is 6. The summed E-state index contributed by atoms with van der Waals surface area (Å²) in [5.74, 6) is -0.116.